The SMILES string of the molecule is Cc1nnc(-c2cccc(CCCc3ccc(/C=C/c4ccc(/C=C/c5ccc(/C=C/c6ccccc6)cc5)cc4)cc3)c2)o1. The van der Waals surface area contributed by atoms with Gasteiger partial charge in [0.05, 0.1) is 0 Å². The van der Waals surface area contributed by atoms with Crippen molar-refractivity contribution in [1.82, 2.24) is 10.2 Å². The molecule has 3 nitrogen and oxygen atoms in total. The van der Waals surface area contributed by atoms with E-state index in [1.165, 1.54) is 44.5 Å². The molecule has 6 rings (SSSR count). The molecule has 45 heavy (non-hydrogen) atoms. The highest BCUT2D eigenvalue weighted by Crippen LogP contribution is 2.21. The van der Waals surface area contributed by atoms with E-state index >= 15 is 0 Å². The maximum Gasteiger partial charge on any atom is 0.247 e. The zero-order valence-corrected chi connectivity index (χ0v) is 25.5. The Morgan fingerprint density at radius 2 is 0.933 bits per heavy atom. The van der Waals surface area contributed by atoms with E-state index in [0.717, 1.165) is 24.8 Å². The Labute approximate surface area is 265 Å². The largest absolute Gasteiger partial charge is 0.421 e. The van der Waals surface area contributed by atoms with Gasteiger partial charge in [-0.1, -0.05) is 152 Å². The summed E-state index contributed by atoms with van der Waals surface area (Å²) in [5, 5.41) is 8.07. The molecule has 0 radical (unpaired) electrons. The van der Waals surface area contributed by atoms with Crippen LogP contribution >= 0.6 is 0 Å². The standard InChI is InChI=1S/C42H36N2O/c1-32-43-44-42(45-32)41-12-6-11-40(31-41)10-5-9-34-14-17-36(18-15-34)21-24-38-26-29-39(30-27-38)28-25-37-22-19-35(20-23-37)16-13-33-7-3-2-4-8-33/h2-4,6-8,11-31H,5,9-10H2,1H3/b16-13+,24-21+,28-25+. The summed E-state index contributed by atoms with van der Waals surface area (Å²) in [5.41, 5.74) is 10.8. The first kappa shape index (κ1) is 29.5. The molecule has 0 spiro atoms. The molecule has 0 saturated heterocycles. The fourth-order valence-electron chi connectivity index (χ4n) is 5.14. The summed E-state index contributed by atoms with van der Waals surface area (Å²) < 4.78 is 5.57. The van der Waals surface area contributed by atoms with E-state index in [4.69, 9.17) is 4.42 Å². The van der Waals surface area contributed by atoms with Crippen LogP contribution in [0.15, 0.2) is 132 Å². The monoisotopic (exact) mass is 584 g/mol. The van der Waals surface area contributed by atoms with Gasteiger partial charge in [-0.05, 0) is 75.9 Å². The topological polar surface area (TPSA) is 38.9 Å². The van der Waals surface area contributed by atoms with Gasteiger partial charge in [-0.25, -0.2) is 0 Å². The lowest BCUT2D eigenvalue weighted by molar-refractivity contribution is 0.532. The highest BCUT2D eigenvalue weighted by Gasteiger charge is 2.06. The molecule has 0 atom stereocenters. The van der Waals surface area contributed by atoms with Crippen LogP contribution < -0.4 is 0 Å². The predicted octanol–water partition coefficient (Wildman–Crippen LogP) is 10.7. The molecule has 0 unspecified atom stereocenters. The average molecular weight is 585 g/mol. The molecule has 6 aromatic rings. The van der Waals surface area contributed by atoms with Crippen LogP contribution in [0, 0.1) is 6.92 Å². The van der Waals surface area contributed by atoms with Gasteiger partial charge in [0, 0.05) is 12.5 Å². The Hall–Kier alpha value is -5.54. The van der Waals surface area contributed by atoms with E-state index in [1.54, 1.807) is 0 Å². The van der Waals surface area contributed by atoms with Crippen molar-refractivity contribution in [1.29, 1.82) is 0 Å². The van der Waals surface area contributed by atoms with Crippen molar-refractivity contribution in [3.63, 3.8) is 0 Å². The molecule has 0 aliphatic carbocycles. The average Bonchev–Trinajstić information content (AvgIpc) is 3.54. The highest BCUT2D eigenvalue weighted by molar-refractivity contribution is 5.74. The summed E-state index contributed by atoms with van der Waals surface area (Å²) in [6.45, 7) is 1.81. The number of nitrogens with zero attached hydrogens (tertiary/aromatic N) is 2. The minimum absolute atomic E-state index is 0.580. The van der Waals surface area contributed by atoms with Gasteiger partial charge in [-0.3, -0.25) is 0 Å². The van der Waals surface area contributed by atoms with Crippen molar-refractivity contribution in [2.45, 2.75) is 26.2 Å². The van der Waals surface area contributed by atoms with Gasteiger partial charge in [-0.15, -0.1) is 10.2 Å². The van der Waals surface area contributed by atoms with E-state index in [-0.39, 0.29) is 0 Å². The van der Waals surface area contributed by atoms with Crippen LogP contribution in [-0.2, 0) is 12.8 Å². The third-order valence-corrected chi connectivity index (χ3v) is 7.69. The molecular weight excluding hydrogens is 548 g/mol. The van der Waals surface area contributed by atoms with Gasteiger partial charge in [0.25, 0.3) is 0 Å². The van der Waals surface area contributed by atoms with E-state index < -0.39 is 0 Å². The summed E-state index contributed by atoms with van der Waals surface area (Å²) in [6, 6.07) is 44.9. The fourth-order valence-corrected chi connectivity index (χ4v) is 5.14. The summed E-state index contributed by atoms with van der Waals surface area (Å²) in [7, 11) is 0. The first-order chi connectivity index (χ1) is 22.2. The summed E-state index contributed by atoms with van der Waals surface area (Å²) in [6.07, 6.45) is 16.1. The van der Waals surface area contributed by atoms with Crippen molar-refractivity contribution < 1.29 is 4.42 Å². The lowest BCUT2D eigenvalue weighted by atomic mass is 10.0. The molecule has 0 aliphatic rings. The van der Waals surface area contributed by atoms with Crippen molar-refractivity contribution >= 4 is 36.5 Å². The quantitative estimate of drug-likeness (QED) is 0.142. The maximum atomic E-state index is 5.57. The molecule has 0 N–H and O–H groups in total. The molecule has 0 amide bonds. The van der Waals surface area contributed by atoms with Crippen LogP contribution in [0.5, 0.6) is 0 Å². The lowest BCUT2D eigenvalue weighted by Gasteiger charge is -2.05. The van der Waals surface area contributed by atoms with Gasteiger partial charge >= 0.3 is 0 Å². The molecule has 3 heteroatoms. The number of hydrogen-bond donors (Lipinski definition) is 0. The molecule has 220 valence electrons. The van der Waals surface area contributed by atoms with Crippen LogP contribution in [0.3, 0.4) is 0 Å². The number of rotatable bonds is 11. The number of benzene rings is 5. The molecule has 0 saturated carbocycles. The third kappa shape index (κ3) is 8.75. The maximum absolute atomic E-state index is 5.57. The Bertz CT molecular complexity index is 1890. The van der Waals surface area contributed by atoms with Crippen LogP contribution in [0.4, 0.5) is 0 Å². The third-order valence-electron chi connectivity index (χ3n) is 7.69. The molecule has 5 aromatic carbocycles. The van der Waals surface area contributed by atoms with E-state index in [1.807, 2.05) is 19.1 Å². The Kier molecular flexibility index (Phi) is 9.69. The van der Waals surface area contributed by atoms with Crippen molar-refractivity contribution in [3.8, 4) is 11.5 Å². The number of aromatic nitrogens is 2. The minimum Gasteiger partial charge on any atom is -0.421 e. The molecule has 1 aromatic heterocycles. The normalized spacial score (nSPS) is 11.7. The Morgan fingerprint density at radius 1 is 0.467 bits per heavy atom. The van der Waals surface area contributed by atoms with Crippen LogP contribution in [0.2, 0.25) is 0 Å². The van der Waals surface area contributed by atoms with Gasteiger partial charge in [-0.2, -0.15) is 0 Å². The van der Waals surface area contributed by atoms with Gasteiger partial charge in [0.2, 0.25) is 11.8 Å². The molecular formula is C42H36N2O. The van der Waals surface area contributed by atoms with Crippen LogP contribution in [-0.4, -0.2) is 10.2 Å². The molecule has 1 heterocycles. The predicted molar refractivity (Wildman–Crippen MR) is 189 cm³/mol. The summed E-state index contributed by atoms with van der Waals surface area (Å²) >= 11 is 0. The van der Waals surface area contributed by atoms with Gasteiger partial charge < -0.3 is 4.42 Å². The number of hydrogen-bond acceptors (Lipinski definition) is 3. The van der Waals surface area contributed by atoms with E-state index in [2.05, 4.69) is 162 Å². The van der Waals surface area contributed by atoms with Gasteiger partial charge in [0.1, 0.15) is 0 Å². The molecule has 0 aliphatic heterocycles. The first-order valence-corrected chi connectivity index (χ1v) is 15.4. The van der Waals surface area contributed by atoms with E-state index in [9.17, 15) is 0 Å². The second-order valence-electron chi connectivity index (χ2n) is 11.2. The van der Waals surface area contributed by atoms with Crippen molar-refractivity contribution in [2.24, 2.45) is 0 Å². The van der Waals surface area contributed by atoms with Crippen molar-refractivity contribution in [2.75, 3.05) is 0 Å². The lowest BCUT2D eigenvalue weighted by Crippen LogP contribution is -1.91. The Morgan fingerprint density at radius 3 is 1.42 bits per heavy atom. The minimum atomic E-state index is 0.580. The second-order valence-corrected chi connectivity index (χ2v) is 11.2. The summed E-state index contributed by atoms with van der Waals surface area (Å²) in [4.78, 5) is 0. The zero-order valence-electron chi connectivity index (χ0n) is 25.5. The fraction of sp³-hybridized carbons (Fsp3) is 0.0952. The zero-order chi connectivity index (χ0) is 30.7. The molecule has 0 fully saturated rings. The van der Waals surface area contributed by atoms with Crippen LogP contribution in [0.25, 0.3) is 47.9 Å². The second kappa shape index (κ2) is 14.8. The molecule has 0 bridgehead atoms. The van der Waals surface area contributed by atoms with Gasteiger partial charge in [0.15, 0.2) is 0 Å². The Balaban J connectivity index is 0.966. The summed E-state index contributed by atoms with van der Waals surface area (Å²) in [5.74, 6) is 1.16. The smallest absolute Gasteiger partial charge is 0.247 e. The first-order valence-electron chi connectivity index (χ1n) is 15.4. The van der Waals surface area contributed by atoms with E-state index in [0.29, 0.717) is 11.8 Å². The number of aryl methyl sites for hydroxylation is 3. The highest BCUT2D eigenvalue weighted by atomic mass is 16.4. The van der Waals surface area contributed by atoms with Crippen LogP contribution in [0.1, 0.15) is 56.8 Å². The van der Waals surface area contributed by atoms with Crippen molar-refractivity contribution in [3.05, 3.63) is 178 Å².